The summed E-state index contributed by atoms with van der Waals surface area (Å²) < 4.78 is 27.4. The summed E-state index contributed by atoms with van der Waals surface area (Å²) in [6.45, 7) is 0.460. The van der Waals surface area contributed by atoms with Crippen LogP contribution < -0.4 is 10.5 Å². The lowest BCUT2D eigenvalue weighted by molar-refractivity contribution is 0.473. The topological polar surface area (TPSA) is 118 Å². The molecule has 1 aromatic carbocycles. The number of anilines is 1. The molecular formula is C22H24N6O2S. The van der Waals surface area contributed by atoms with Gasteiger partial charge in [0.1, 0.15) is 22.9 Å². The van der Waals surface area contributed by atoms with Gasteiger partial charge >= 0.3 is 0 Å². The van der Waals surface area contributed by atoms with Crippen LogP contribution in [0.5, 0.6) is 0 Å². The van der Waals surface area contributed by atoms with Crippen molar-refractivity contribution in [1.82, 2.24) is 24.1 Å². The van der Waals surface area contributed by atoms with Crippen LogP contribution in [0.2, 0.25) is 0 Å². The predicted octanol–water partition coefficient (Wildman–Crippen LogP) is 3.19. The predicted molar refractivity (Wildman–Crippen MR) is 123 cm³/mol. The lowest BCUT2D eigenvalue weighted by atomic mass is 9.89. The summed E-state index contributed by atoms with van der Waals surface area (Å²) >= 11 is 0. The van der Waals surface area contributed by atoms with Gasteiger partial charge in [-0.2, -0.15) is 0 Å². The number of fused-ring (bicyclic) bond motifs is 2. The van der Waals surface area contributed by atoms with Crippen molar-refractivity contribution >= 4 is 37.8 Å². The number of para-hydroxylation sites is 1. The van der Waals surface area contributed by atoms with E-state index < -0.39 is 10.0 Å². The van der Waals surface area contributed by atoms with Crippen LogP contribution in [0.4, 0.5) is 5.82 Å². The molecule has 1 aliphatic carbocycles. The number of hydrogen-bond donors (Lipinski definition) is 3. The van der Waals surface area contributed by atoms with Gasteiger partial charge < -0.3 is 10.7 Å². The Morgan fingerprint density at radius 3 is 2.90 bits per heavy atom. The first-order valence-corrected chi connectivity index (χ1v) is 12.1. The number of rotatable bonds is 5. The smallest absolute Gasteiger partial charge is 0.208 e. The summed E-state index contributed by atoms with van der Waals surface area (Å²) in [6, 6.07) is 10.2. The minimum atomic E-state index is -3.17. The summed E-state index contributed by atoms with van der Waals surface area (Å²) in [4.78, 5) is 12.7. The molecule has 8 nitrogen and oxygen atoms in total. The molecule has 4 aromatic rings. The summed E-state index contributed by atoms with van der Waals surface area (Å²) in [5.74, 6) is 1.57. The van der Waals surface area contributed by atoms with E-state index in [1.165, 1.54) is 6.26 Å². The SMILES string of the molecule is CS(=O)(=O)NCC1CC=C(c2nc(-c3cc4ccccc4[nH]3)c3c(N)nccn23)CC1. The number of nitrogen functional groups attached to an aromatic ring is 1. The van der Waals surface area contributed by atoms with Crippen LogP contribution in [-0.4, -0.2) is 40.6 Å². The Hall–Kier alpha value is -3.17. The first-order valence-electron chi connectivity index (χ1n) is 10.2. The molecule has 0 fully saturated rings. The van der Waals surface area contributed by atoms with Crippen molar-refractivity contribution in [2.24, 2.45) is 5.92 Å². The maximum atomic E-state index is 11.4. The molecule has 0 radical (unpaired) electrons. The molecule has 1 atom stereocenters. The van der Waals surface area contributed by atoms with Crippen LogP contribution in [0.25, 0.3) is 33.4 Å². The van der Waals surface area contributed by atoms with Crippen LogP contribution in [0.3, 0.4) is 0 Å². The van der Waals surface area contributed by atoms with Crippen molar-refractivity contribution in [3.05, 3.63) is 54.6 Å². The number of aromatic amines is 1. The number of allylic oxidation sites excluding steroid dienone is 2. The maximum absolute atomic E-state index is 11.4. The van der Waals surface area contributed by atoms with E-state index >= 15 is 0 Å². The minimum Gasteiger partial charge on any atom is -0.382 e. The first-order chi connectivity index (χ1) is 14.9. The highest BCUT2D eigenvalue weighted by Gasteiger charge is 2.23. The zero-order valence-corrected chi connectivity index (χ0v) is 18.0. The number of aromatic nitrogens is 4. The van der Waals surface area contributed by atoms with E-state index in [0.29, 0.717) is 12.4 Å². The Bertz CT molecular complexity index is 1380. The van der Waals surface area contributed by atoms with Crippen LogP contribution >= 0.6 is 0 Å². The molecule has 1 aliphatic rings. The number of nitrogens with two attached hydrogens (primary N) is 1. The van der Waals surface area contributed by atoms with Crippen molar-refractivity contribution < 1.29 is 8.42 Å². The number of benzene rings is 1. The van der Waals surface area contributed by atoms with Gasteiger partial charge in [-0.3, -0.25) is 4.40 Å². The summed E-state index contributed by atoms with van der Waals surface area (Å²) in [5, 5.41) is 1.11. The van der Waals surface area contributed by atoms with E-state index in [-0.39, 0.29) is 5.92 Å². The Kier molecular flexibility index (Phi) is 4.79. The maximum Gasteiger partial charge on any atom is 0.208 e. The highest BCUT2D eigenvalue weighted by Crippen LogP contribution is 2.35. The number of nitrogens with zero attached hydrogens (tertiary/aromatic N) is 3. The molecule has 4 N–H and O–H groups in total. The fraction of sp³-hybridized carbons (Fsp3) is 0.273. The molecule has 0 spiro atoms. The highest BCUT2D eigenvalue weighted by atomic mass is 32.2. The van der Waals surface area contributed by atoms with Crippen LogP contribution in [-0.2, 0) is 10.0 Å². The van der Waals surface area contributed by atoms with E-state index in [4.69, 9.17) is 10.7 Å². The lowest BCUT2D eigenvalue weighted by Crippen LogP contribution is -2.29. The van der Waals surface area contributed by atoms with E-state index in [9.17, 15) is 8.42 Å². The number of nitrogens with one attached hydrogen (secondary N) is 2. The van der Waals surface area contributed by atoms with Gasteiger partial charge in [0.2, 0.25) is 10.0 Å². The van der Waals surface area contributed by atoms with E-state index in [1.54, 1.807) is 6.20 Å². The van der Waals surface area contributed by atoms with Gasteiger partial charge in [-0.05, 0) is 42.9 Å². The zero-order chi connectivity index (χ0) is 21.6. The van der Waals surface area contributed by atoms with Gasteiger partial charge in [0.15, 0.2) is 0 Å². The third kappa shape index (κ3) is 3.82. The van der Waals surface area contributed by atoms with Crippen molar-refractivity contribution in [3.8, 4) is 11.4 Å². The molecular weight excluding hydrogens is 412 g/mol. The Morgan fingerprint density at radius 2 is 2.16 bits per heavy atom. The normalized spacial score (nSPS) is 17.3. The molecule has 0 bridgehead atoms. The zero-order valence-electron chi connectivity index (χ0n) is 17.2. The summed E-state index contributed by atoms with van der Waals surface area (Å²) in [5.41, 5.74) is 10.9. The molecule has 160 valence electrons. The number of H-pyrrole nitrogens is 1. The second-order valence-corrected chi connectivity index (χ2v) is 9.91. The lowest BCUT2D eigenvalue weighted by Gasteiger charge is -2.21. The standard InChI is InChI=1S/C22H24N6O2S/c1-31(29,30)25-13-14-6-8-15(9-7-14)22-27-19(20-21(23)24-10-11-28(20)22)18-12-16-4-2-3-5-17(16)26-18/h2-5,8,10-12,14,25-26H,6-7,9,13H2,1H3,(H2,23,24). The number of hydrogen-bond acceptors (Lipinski definition) is 5. The van der Waals surface area contributed by atoms with E-state index in [1.807, 2.05) is 28.8 Å². The fourth-order valence-corrected chi connectivity index (χ4v) is 4.76. The third-order valence-corrected chi connectivity index (χ3v) is 6.50. The largest absolute Gasteiger partial charge is 0.382 e. The third-order valence-electron chi connectivity index (χ3n) is 5.81. The Balaban J connectivity index is 1.53. The molecule has 1 unspecified atom stereocenters. The molecule has 0 saturated carbocycles. The molecule has 9 heteroatoms. The van der Waals surface area contributed by atoms with Gasteiger partial charge in [-0.15, -0.1) is 0 Å². The number of sulfonamides is 1. The average molecular weight is 437 g/mol. The molecule has 31 heavy (non-hydrogen) atoms. The van der Waals surface area contributed by atoms with Gasteiger partial charge in [0.05, 0.1) is 11.9 Å². The van der Waals surface area contributed by atoms with Crippen molar-refractivity contribution in [1.29, 1.82) is 0 Å². The van der Waals surface area contributed by atoms with Crippen molar-refractivity contribution in [2.75, 3.05) is 18.5 Å². The van der Waals surface area contributed by atoms with Crippen molar-refractivity contribution in [2.45, 2.75) is 19.3 Å². The fourth-order valence-electron chi connectivity index (χ4n) is 4.23. The van der Waals surface area contributed by atoms with Gasteiger partial charge in [-0.25, -0.2) is 23.1 Å². The number of imidazole rings is 1. The second-order valence-electron chi connectivity index (χ2n) is 8.08. The molecule has 3 aromatic heterocycles. The van der Waals surface area contributed by atoms with E-state index in [0.717, 1.165) is 58.5 Å². The van der Waals surface area contributed by atoms with Crippen LogP contribution in [0.15, 0.2) is 48.8 Å². The molecule has 3 heterocycles. The summed E-state index contributed by atoms with van der Waals surface area (Å²) in [6.07, 6.45) is 9.45. The second kappa shape index (κ2) is 7.51. The van der Waals surface area contributed by atoms with E-state index in [2.05, 4.69) is 32.9 Å². The molecule has 0 amide bonds. The van der Waals surface area contributed by atoms with Gasteiger partial charge in [-0.1, -0.05) is 24.3 Å². The van der Waals surface area contributed by atoms with Crippen LogP contribution in [0.1, 0.15) is 25.1 Å². The molecule has 5 rings (SSSR count). The minimum absolute atomic E-state index is 0.282. The Morgan fingerprint density at radius 1 is 1.32 bits per heavy atom. The average Bonchev–Trinajstić information content (AvgIpc) is 3.34. The van der Waals surface area contributed by atoms with Crippen LogP contribution in [0, 0.1) is 5.92 Å². The van der Waals surface area contributed by atoms with Crippen molar-refractivity contribution in [3.63, 3.8) is 0 Å². The molecule has 0 saturated heterocycles. The first kappa shape index (κ1) is 19.8. The van der Waals surface area contributed by atoms with Gasteiger partial charge in [0, 0.05) is 29.8 Å². The monoisotopic (exact) mass is 436 g/mol. The van der Waals surface area contributed by atoms with Gasteiger partial charge in [0.25, 0.3) is 0 Å². The Labute approximate surface area is 180 Å². The quantitative estimate of drug-likeness (QED) is 0.444. The molecule has 0 aliphatic heterocycles. The highest BCUT2D eigenvalue weighted by molar-refractivity contribution is 7.88. The summed E-state index contributed by atoms with van der Waals surface area (Å²) in [7, 11) is -3.17.